The van der Waals surface area contributed by atoms with Gasteiger partial charge < -0.3 is 5.32 Å². The lowest BCUT2D eigenvalue weighted by atomic mass is 10.4. The van der Waals surface area contributed by atoms with Gasteiger partial charge in [0.1, 0.15) is 4.21 Å². The van der Waals surface area contributed by atoms with E-state index in [1.165, 1.54) is 11.3 Å². The lowest BCUT2D eigenvalue weighted by Crippen LogP contribution is -2.37. The molecule has 1 aromatic rings. The van der Waals surface area contributed by atoms with E-state index in [4.69, 9.17) is 0 Å². The molecular weight excluding hydrogens is 288 g/mol. The third kappa shape index (κ3) is 3.27. The minimum Gasteiger partial charge on any atom is -0.312 e. The van der Waals surface area contributed by atoms with Gasteiger partial charge in [-0.05, 0) is 18.7 Å². The van der Waals surface area contributed by atoms with Gasteiger partial charge in [0.25, 0.3) is 10.0 Å². The van der Waals surface area contributed by atoms with E-state index in [0.717, 1.165) is 29.5 Å². The average Bonchev–Trinajstić information content (AvgIpc) is 2.87. The zero-order chi connectivity index (χ0) is 13.0. The maximum absolute atomic E-state index is 12.4. The summed E-state index contributed by atoms with van der Waals surface area (Å²) in [6.07, 6.45) is 0. The van der Waals surface area contributed by atoms with Crippen molar-refractivity contribution >= 4 is 33.1 Å². The van der Waals surface area contributed by atoms with E-state index in [1.54, 1.807) is 10.4 Å². The maximum Gasteiger partial charge on any atom is 0.252 e. The predicted octanol–water partition coefficient (Wildman–Crippen LogP) is 1.60. The summed E-state index contributed by atoms with van der Waals surface area (Å²) in [4.78, 5) is 1.07. The van der Waals surface area contributed by atoms with Crippen molar-refractivity contribution in [2.75, 3.05) is 31.1 Å². The fourth-order valence-electron chi connectivity index (χ4n) is 1.75. The van der Waals surface area contributed by atoms with Crippen molar-refractivity contribution in [3.8, 4) is 0 Å². The molecule has 1 N–H and O–H groups in total. The van der Waals surface area contributed by atoms with Gasteiger partial charge in [-0.2, -0.15) is 16.1 Å². The molecule has 1 aliphatic rings. The molecule has 1 aliphatic heterocycles. The molecule has 0 bridgehead atoms. The summed E-state index contributed by atoms with van der Waals surface area (Å²) in [5.74, 6) is 1.80. The summed E-state index contributed by atoms with van der Waals surface area (Å²) < 4.78 is 26.8. The molecule has 2 rings (SSSR count). The Morgan fingerprint density at radius 3 is 2.72 bits per heavy atom. The highest BCUT2D eigenvalue weighted by atomic mass is 32.2. The molecule has 7 heteroatoms. The molecular formula is C11H18N2O2S3. The molecule has 1 aromatic heterocycles. The second kappa shape index (κ2) is 6.38. The van der Waals surface area contributed by atoms with Crippen LogP contribution in [0, 0.1) is 0 Å². The zero-order valence-corrected chi connectivity index (χ0v) is 12.8. The van der Waals surface area contributed by atoms with Gasteiger partial charge in [-0.3, -0.25) is 0 Å². The second-order valence-electron chi connectivity index (χ2n) is 4.02. The third-order valence-electron chi connectivity index (χ3n) is 2.75. The third-order valence-corrected chi connectivity index (χ3v) is 7.14. The normalized spacial score (nSPS) is 18.1. The molecule has 0 atom stereocenters. The van der Waals surface area contributed by atoms with Crippen LogP contribution in [-0.4, -0.2) is 43.9 Å². The minimum absolute atomic E-state index is 0.474. The lowest BCUT2D eigenvalue weighted by molar-refractivity contribution is 0.445. The fourth-order valence-corrected chi connectivity index (χ4v) is 5.81. The molecule has 102 valence electrons. The molecule has 0 saturated carbocycles. The number of nitrogens with zero attached hydrogens (tertiary/aromatic N) is 1. The van der Waals surface area contributed by atoms with Gasteiger partial charge in [-0.15, -0.1) is 11.3 Å². The van der Waals surface area contributed by atoms with Gasteiger partial charge in [-0.1, -0.05) is 6.92 Å². The molecule has 0 unspecified atom stereocenters. The highest BCUT2D eigenvalue weighted by Crippen LogP contribution is 2.26. The number of hydrogen-bond donors (Lipinski definition) is 1. The topological polar surface area (TPSA) is 49.4 Å². The SMILES string of the molecule is CCNCc1ccc(S(=O)(=O)N2CCSCC2)s1. The number of hydrogen-bond acceptors (Lipinski definition) is 5. The molecule has 0 aromatic carbocycles. The first kappa shape index (κ1) is 14.3. The van der Waals surface area contributed by atoms with E-state index in [-0.39, 0.29) is 0 Å². The Balaban J connectivity index is 2.11. The van der Waals surface area contributed by atoms with Gasteiger partial charge in [0, 0.05) is 36.0 Å². The van der Waals surface area contributed by atoms with Gasteiger partial charge in [0.15, 0.2) is 0 Å². The average molecular weight is 306 g/mol. The Labute approximate surface area is 117 Å². The van der Waals surface area contributed by atoms with E-state index in [1.807, 2.05) is 24.8 Å². The van der Waals surface area contributed by atoms with Crippen molar-refractivity contribution in [2.24, 2.45) is 0 Å². The number of sulfonamides is 1. The number of nitrogens with one attached hydrogen (secondary N) is 1. The first-order valence-electron chi connectivity index (χ1n) is 6.02. The van der Waals surface area contributed by atoms with Crippen LogP contribution in [0.25, 0.3) is 0 Å². The van der Waals surface area contributed by atoms with Crippen LogP contribution in [0.4, 0.5) is 0 Å². The van der Waals surface area contributed by atoms with Crippen LogP contribution < -0.4 is 5.32 Å². The maximum atomic E-state index is 12.4. The molecule has 0 spiro atoms. The molecule has 4 nitrogen and oxygen atoms in total. The fraction of sp³-hybridized carbons (Fsp3) is 0.636. The molecule has 1 saturated heterocycles. The van der Waals surface area contributed by atoms with Crippen molar-refractivity contribution in [2.45, 2.75) is 17.7 Å². The molecule has 2 heterocycles. The van der Waals surface area contributed by atoms with E-state index >= 15 is 0 Å². The van der Waals surface area contributed by atoms with Gasteiger partial charge in [0.05, 0.1) is 0 Å². The smallest absolute Gasteiger partial charge is 0.252 e. The van der Waals surface area contributed by atoms with Crippen molar-refractivity contribution < 1.29 is 8.42 Å². The number of thioether (sulfide) groups is 1. The van der Waals surface area contributed by atoms with Gasteiger partial charge >= 0.3 is 0 Å². The van der Waals surface area contributed by atoms with E-state index < -0.39 is 10.0 Å². The Morgan fingerprint density at radius 1 is 1.33 bits per heavy atom. The minimum atomic E-state index is -3.26. The number of rotatable bonds is 5. The Hall–Kier alpha value is -0.0800. The summed E-state index contributed by atoms with van der Waals surface area (Å²) in [5, 5.41) is 3.21. The Morgan fingerprint density at radius 2 is 2.06 bits per heavy atom. The van der Waals surface area contributed by atoms with Crippen LogP contribution in [0.5, 0.6) is 0 Å². The molecule has 18 heavy (non-hydrogen) atoms. The Kier molecular flexibility index (Phi) is 5.08. The zero-order valence-electron chi connectivity index (χ0n) is 10.4. The predicted molar refractivity (Wildman–Crippen MR) is 77.8 cm³/mol. The summed E-state index contributed by atoms with van der Waals surface area (Å²) in [6, 6.07) is 3.63. The largest absolute Gasteiger partial charge is 0.312 e. The van der Waals surface area contributed by atoms with Gasteiger partial charge in [-0.25, -0.2) is 8.42 Å². The molecule has 0 radical (unpaired) electrons. The summed E-state index contributed by atoms with van der Waals surface area (Å²) in [7, 11) is -3.26. The highest BCUT2D eigenvalue weighted by Gasteiger charge is 2.27. The van der Waals surface area contributed by atoms with Gasteiger partial charge in [0.2, 0.25) is 0 Å². The van der Waals surface area contributed by atoms with Crippen LogP contribution in [0.1, 0.15) is 11.8 Å². The highest BCUT2D eigenvalue weighted by molar-refractivity contribution is 7.99. The van der Waals surface area contributed by atoms with E-state index in [2.05, 4.69) is 5.32 Å². The first-order valence-corrected chi connectivity index (χ1v) is 9.43. The van der Waals surface area contributed by atoms with Crippen LogP contribution in [0.3, 0.4) is 0 Å². The summed E-state index contributed by atoms with van der Waals surface area (Å²) >= 11 is 3.19. The first-order chi connectivity index (χ1) is 8.64. The van der Waals surface area contributed by atoms with Crippen LogP contribution >= 0.6 is 23.1 Å². The van der Waals surface area contributed by atoms with Crippen molar-refractivity contribution in [3.05, 3.63) is 17.0 Å². The van der Waals surface area contributed by atoms with E-state index in [9.17, 15) is 8.42 Å². The standard InChI is InChI=1S/C11H18N2O2S3/c1-2-12-9-10-3-4-11(17-10)18(14,15)13-5-7-16-8-6-13/h3-4,12H,2,5-9H2,1H3. The quantitative estimate of drug-likeness (QED) is 0.897. The van der Waals surface area contributed by atoms with Crippen LogP contribution in [-0.2, 0) is 16.6 Å². The number of thiophene rings is 1. The lowest BCUT2D eigenvalue weighted by Gasteiger charge is -2.24. The van der Waals surface area contributed by atoms with Crippen molar-refractivity contribution in [3.63, 3.8) is 0 Å². The monoisotopic (exact) mass is 306 g/mol. The summed E-state index contributed by atoms with van der Waals surface area (Å²) in [5.41, 5.74) is 0. The van der Waals surface area contributed by atoms with Crippen molar-refractivity contribution in [1.29, 1.82) is 0 Å². The molecule has 0 aliphatic carbocycles. The molecule has 0 amide bonds. The Bertz CT molecular complexity index is 478. The second-order valence-corrected chi connectivity index (χ2v) is 8.58. The van der Waals surface area contributed by atoms with E-state index in [0.29, 0.717) is 17.3 Å². The van der Waals surface area contributed by atoms with Crippen molar-refractivity contribution in [1.82, 2.24) is 9.62 Å². The van der Waals surface area contributed by atoms with Crippen LogP contribution in [0.2, 0.25) is 0 Å². The van der Waals surface area contributed by atoms with Crippen LogP contribution in [0.15, 0.2) is 16.3 Å². The summed E-state index contributed by atoms with van der Waals surface area (Å²) in [6.45, 7) is 4.94. The molecule has 1 fully saturated rings.